The molecule has 0 aromatic heterocycles. The van der Waals surface area contributed by atoms with Crippen molar-refractivity contribution in [2.24, 2.45) is 5.73 Å². The van der Waals surface area contributed by atoms with E-state index in [1.54, 1.807) is 0 Å². The standard InChI is InChI=1S/C16H18BrNO/c1-11-3-5-13(6-4-11)10-19-16-9-14(17)7-8-15(16)12(2)18/h3-9,12H,10,18H2,1-2H3. The second-order valence-electron chi connectivity index (χ2n) is 4.75. The van der Waals surface area contributed by atoms with Crippen LogP contribution in [0.2, 0.25) is 0 Å². The van der Waals surface area contributed by atoms with Crippen LogP contribution >= 0.6 is 15.9 Å². The Kier molecular flexibility index (Phi) is 4.61. The Morgan fingerprint density at radius 3 is 2.47 bits per heavy atom. The van der Waals surface area contributed by atoms with Gasteiger partial charge in [-0.05, 0) is 31.5 Å². The zero-order valence-electron chi connectivity index (χ0n) is 11.2. The number of nitrogens with two attached hydrogens (primary N) is 1. The van der Waals surface area contributed by atoms with Crippen molar-refractivity contribution in [3.8, 4) is 5.75 Å². The molecule has 100 valence electrons. The maximum Gasteiger partial charge on any atom is 0.125 e. The molecule has 0 aliphatic carbocycles. The number of halogens is 1. The number of aryl methyl sites for hydroxylation is 1. The van der Waals surface area contributed by atoms with E-state index in [9.17, 15) is 0 Å². The second-order valence-corrected chi connectivity index (χ2v) is 5.66. The largest absolute Gasteiger partial charge is 0.489 e. The van der Waals surface area contributed by atoms with Gasteiger partial charge in [0.2, 0.25) is 0 Å². The van der Waals surface area contributed by atoms with Crippen LogP contribution in [0.25, 0.3) is 0 Å². The normalized spacial score (nSPS) is 12.2. The fraction of sp³-hybridized carbons (Fsp3) is 0.250. The van der Waals surface area contributed by atoms with Crippen LogP contribution in [0, 0.1) is 6.92 Å². The van der Waals surface area contributed by atoms with Crippen molar-refractivity contribution < 1.29 is 4.74 Å². The van der Waals surface area contributed by atoms with E-state index in [2.05, 4.69) is 47.1 Å². The average molecular weight is 320 g/mol. The van der Waals surface area contributed by atoms with Crippen LogP contribution in [0.4, 0.5) is 0 Å². The molecule has 0 aliphatic rings. The van der Waals surface area contributed by atoms with Gasteiger partial charge in [-0.15, -0.1) is 0 Å². The molecule has 0 radical (unpaired) electrons. The van der Waals surface area contributed by atoms with Crippen LogP contribution in [0.15, 0.2) is 46.9 Å². The number of benzene rings is 2. The third-order valence-corrected chi connectivity index (χ3v) is 3.47. The maximum atomic E-state index is 5.96. The summed E-state index contributed by atoms with van der Waals surface area (Å²) in [7, 11) is 0. The van der Waals surface area contributed by atoms with E-state index in [0.29, 0.717) is 6.61 Å². The van der Waals surface area contributed by atoms with Crippen LogP contribution in [-0.2, 0) is 6.61 Å². The first-order valence-electron chi connectivity index (χ1n) is 6.29. The van der Waals surface area contributed by atoms with Crippen LogP contribution in [0.5, 0.6) is 5.75 Å². The number of rotatable bonds is 4. The molecule has 2 rings (SSSR count). The van der Waals surface area contributed by atoms with Crippen LogP contribution < -0.4 is 10.5 Å². The van der Waals surface area contributed by atoms with Gasteiger partial charge in [-0.1, -0.05) is 51.8 Å². The summed E-state index contributed by atoms with van der Waals surface area (Å²) in [5, 5.41) is 0. The van der Waals surface area contributed by atoms with Gasteiger partial charge in [0.15, 0.2) is 0 Å². The molecule has 2 aromatic carbocycles. The third kappa shape index (κ3) is 3.82. The minimum atomic E-state index is -0.0406. The van der Waals surface area contributed by atoms with Gasteiger partial charge in [0.25, 0.3) is 0 Å². The Bertz CT molecular complexity index is 549. The molecule has 3 heteroatoms. The fourth-order valence-electron chi connectivity index (χ4n) is 1.85. The number of ether oxygens (including phenoxy) is 1. The molecule has 0 fully saturated rings. The lowest BCUT2D eigenvalue weighted by Crippen LogP contribution is -2.08. The van der Waals surface area contributed by atoms with Gasteiger partial charge in [0.05, 0.1) is 0 Å². The number of hydrogen-bond donors (Lipinski definition) is 1. The summed E-state index contributed by atoms with van der Waals surface area (Å²) < 4.78 is 6.89. The maximum absolute atomic E-state index is 5.96. The van der Waals surface area contributed by atoms with E-state index in [4.69, 9.17) is 10.5 Å². The molecular formula is C16H18BrNO. The topological polar surface area (TPSA) is 35.2 Å². The Hall–Kier alpha value is -1.32. The first-order chi connectivity index (χ1) is 9.06. The molecule has 0 bridgehead atoms. The Labute approximate surface area is 122 Å². The second kappa shape index (κ2) is 6.22. The van der Waals surface area contributed by atoms with Gasteiger partial charge in [0.1, 0.15) is 12.4 Å². The van der Waals surface area contributed by atoms with Crippen molar-refractivity contribution in [3.63, 3.8) is 0 Å². The monoisotopic (exact) mass is 319 g/mol. The summed E-state index contributed by atoms with van der Waals surface area (Å²) in [4.78, 5) is 0. The van der Waals surface area contributed by atoms with Gasteiger partial charge in [0, 0.05) is 16.1 Å². The summed E-state index contributed by atoms with van der Waals surface area (Å²) in [5.41, 5.74) is 9.39. The summed E-state index contributed by atoms with van der Waals surface area (Å²) in [6.07, 6.45) is 0. The summed E-state index contributed by atoms with van der Waals surface area (Å²) in [5.74, 6) is 0.838. The summed E-state index contributed by atoms with van der Waals surface area (Å²) >= 11 is 3.46. The average Bonchev–Trinajstić information content (AvgIpc) is 2.38. The SMILES string of the molecule is Cc1ccc(COc2cc(Br)ccc2C(C)N)cc1. The lowest BCUT2D eigenvalue weighted by atomic mass is 10.1. The smallest absolute Gasteiger partial charge is 0.125 e. The molecule has 0 saturated carbocycles. The number of hydrogen-bond acceptors (Lipinski definition) is 2. The van der Waals surface area contributed by atoms with Gasteiger partial charge >= 0.3 is 0 Å². The van der Waals surface area contributed by atoms with E-state index in [1.807, 2.05) is 25.1 Å². The van der Waals surface area contributed by atoms with E-state index in [-0.39, 0.29) is 6.04 Å². The lowest BCUT2D eigenvalue weighted by Gasteiger charge is -2.14. The molecule has 0 saturated heterocycles. The minimum absolute atomic E-state index is 0.0406. The predicted molar refractivity (Wildman–Crippen MR) is 82.3 cm³/mol. The van der Waals surface area contributed by atoms with Crippen molar-refractivity contribution in [2.75, 3.05) is 0 Å². The molecule has 19 heavy (non-hydrogen) atoms. The quantitative estimate of drug-likeness (QED) is 0.908. The van der Waals surface area contributed by atoms with Crippen molar-refractivity contribution in [1.82, 2.24) is 0 Å². The van der Waals surface area contributed by atoms with Gasteiger partial charge in [-0.25, -0.2) is 0 Å². The molecule has 0 spiro atoms. The highest BCUT2D eigenvalue weighted by Crippen LogP contribution is 2.28. The molecule has 0 amide bonds. The molecule has 1 atom stereocenters. The Morgan fingerprint density at radius 2 is 1.84 bits per heavy atom. The minimum Gasteiger partial charge on any atom is -0.489 e. The van der Waals surface area contributed by atoms with Gasteiger partial charge in [-0.3, -0.25) is 0 Å². The van der Waals surface area contributed by atoms with Crippen molar-refractivity contribution >= 4 is 15.9 Å². The zero-order valence-corrected chi connectivity index (χ0v) is 12.8. The Balaban J connectivity index is 2.14. The first-order valence-corrected chi connectivity index (χ1v) is 7.09. The van der Waals surface area contributed by atoms with Crippen molar-refractivity contribution in [2.45, 2.75) is 26.5 Å². The van der Waals surface area contributed by atoms with Gasteiger partial charge < -0.3 is 10.5 Å². The molecular weight excluding hydrogens is 302 g/mol. The molecule has 2 aromatic rings. The van der Waals surface area contributed by atoms with E-state index in [0.717, 1.165) is 21.3 Å². The van der Waals surface area contributed by atoms with Crippen LogP contribution in [0.1, 0.15) is 29.7 Å². The van der Waals surface area contributed by atoms with E-state index < -0.39 is 0 Å². The fourth-order valence-corrected chi connectivity index (χ4v) is 2.19. The van der Waals surface area contributed by atoms with Crippen LogP contribution in [0.3, 0.4) is 0 Å². The highest BCUT2D eigenvalue weighted by molar-refractivity contribution is 9.10. The third-order valence-electron chi connectivity index (χ3n) is 2.98. The highest BCUT2D eigenvalue weighted by Gasteiger charge is 2.08. The molecule has 0 heterocycles. The molecule has 2 nitrogen and oxygen atoms in total. The lowest BCUT2D eigenvalue weighted by molar-refractivity contribution is 0.301. The molecule has 0 aliphatic heterocycles. The van der Waals surface area contributed by atoms with E-state index in [1.165, 1.54) is 5.56 Å². The molecule has 1 unspecified atom stereocenters. The van der Waals surface area contributed by atoms with Gasteiger partial charge in [-0.2, -0.15) is 0 Å². The zero-order chi connectivity index (χ0) is 13.8. The predicted octanol–water partition coefficient (Wildman–Crippen LogP) is 4.36. The van der Waals surface area contributed by atoms with Crippen molar-refractivity contribution in [3.05, 3.63) is 63.6 Å². The highest BCUT2D eigenvalue weighted by atomic mass is 79.9. The Morgan fingerprint density at radius 1 is 1.16 bits per heavy atom. The van der Waals surface area contributed by atoms with E-state index >= 15 is 0 Å². The van der Waals surface area contributed by atoms with Crippen molar-refractivity contribution in [1.29, 1.82) is 0 Å². The first kappa shape index (κ1) is 14.1. The van der Waals surface area contributed by atoms with Crippen LogP contribution in [-0.4, -0.2) is 0 Å². The summed E-state index contributed by atoms with van der Waals surface area (Å²) in [6.45, 7) is 4.59. The summed E-state index contributed by atoms with van der Waals surface area (Å²) in [6, 6.07) is 14.3. The molecule has 2 N–H and O–H groups in total.